The summed E-state index contributed by atoms with van der Waals surface area (Å²) in [5.41, 5.74) is 4.70. The summed E-state index contributed by atoms with van der Waals surface area (Å²) in [6, 6.07) is 28.8. The van der Waals surface area contributed by atoms with Crippen molar-refractivity contribution in [2.24, 2.45) is 0 Å². The molecule has 0 saturated carbocycles. The summed E-state index contributed by atoms with van der Waals surface area (Å²) in [6.07, 6.45) is -0.491. The molecule has 1 aliphatic heterocycles. The Labute approximate surface area is 213 Å². The van der Waals surface area contributed by atoms with Crippen LogP contribution >= 0.6 is 11.3 Å². The van der Waals surface area contributed by atoms with Crippen molar-refractivity contribution in [2.75, 3.05) is 36.5 Å². The number of hydrogen-bond donors (Lipinski definition) is 1. The molecule has 1 amide bonds. The summed E-state index contributed by atoms with van der Waals surface area (Å²) in [4.78, 5) is 27.6. The predicted molar refractivity (Wildman–Crippen MR) is 145 cm³/mol. The fraction of sp³-hybridized carbons (Fsp3) is 0.172. The van der Waals surface area contributed by atoms with Crippen LogP contribution in [0.15, 0.2) is 95.8 Å². The molecule has 0 atom stereocenters. The van der Waals surface area contributed by atoms with Gasteiger partial charge in [0.15, 0.2) is 5.43 Å². The Morgan fingerprint density at radius 2 is 1.50 bits per heavy atom. The molecule has 1 aliphatic rings. The van der Waals surface area contributed by atoms with Gasteiger partial charge in [0, 0.05) is 35.8 Å². The molecule has 36 heavy (non-hydrogen) atoms. The number of ether oxygens (including phenoxy) is 2. The highest BCUT2D eigenvalue weighted by molar-refractivity contribution is 7.19. The normalized spacial score (nSPS) is 13.3. The van der Waals surface area contributed by atoms with E-state index in [1.165, 1.54) is 0 Å². The standard InChI is InChI=1S/C29H26N2O4S/c32-26-18-27(36-28(19-26)31-14-16-34-17-15-31)24-8-6-22(7-9-24)23-10-12-25(13-11-23)30-29(33)35-20-21-4-2-1-3-5-21/h1-13,18-19H,14-17,20H2,(H,30,33). The van der Waals surface area contributed by atoms with Crippen molar-refractivity contribution in [3.63, 3.8) is 0 Å². The number of nitrogens with one attached hydrogen (secondary N) is 1. The molecule has 182 valence electrons. The number of morpholine rings is 1. The molecule has 3 aromatic carbocycles. The van der Waals surface area contributed by atoms with E-state index < -0.39 is 6.09 Å². The van der Waals surface area contributed by atoms with Gasteiger partial charge in [-0.3, -0.25) is 10.1 Å². The second-order valence-electron chi connectivity index (χ2n) is 8.44. The Morgan fingerprint density at radius 1 is 0.861 bits per heavy atom. The Kier molecular flexibility index (Phi) is 7.40. The minimum absolute atomic E-state index is 0.0136. The quantitative estimate of drug-likeness (QED) is 0.352. The zero-order chi connectivity index (χ0) is 24.7. The third-order valence-electron chi connectivity index (χ3n) is 5.92. The topological polar surface area (TPSA) is 67.9 Å². The van der Waals surface area contributed by atoms with Crippen LogP contribution in [0.2, 0.25) is 0 Å². The summed E-state index contributed by atoms with van der Waals surface area (Å²) in [5.74, 6) is 0. The van der Waals surface area contributed by atoms with Gasteiger partial charge in [-0.25, -0.2) is 4.79 Å². The number of benzene rings is 3. The fourth-order valence-corrected chi connectivity index (χ4v) is 5.14. The number of carbonyl (C=O) groups excluding carboxylic acids is 1. The largest absolute Gasteiger partial charge is 0.444 e. The van der Waals surface area contributed by atoms with Crippen LogP contribution in [-0.4, -0.2) is 32.4 Å². The van der Waals surface area contributed by atoms with E-state index in [1.807, 2.05) is 78.9 Å². The first-order chi connectivity index (χ1) is 17.6. The van der Waals surface area contributed by atoms with Crippen molar-refractivity contribution in [1.29, 1.82) is 0 Å². The van der Waals surface area contributed by atoms with Gasteiger partial charge in [-0.05, 0) is 34.4 Å². The summed E-state index contributed by atoms with van der Waals surface area (Å²) >= 11 is 1.63. The first-order valence-corrected chi connectivity index (χ1v) is 12.6. The fourth-order valence-electron chi connectivity index (χ4n) is 4.00. The lowest BCUT2D eigenvalue weighted by Gasteiger charge is -2.28. The highest BCUT2D eigenvalue weighted by Crippen LogP contribution is 2.32. The van der Waals surface area contributed by atoms with Crippen LogP contribution in [0.3, 0.4) is 0 Å². The minimum Gasteiger partial charge on any atom is -0.444 e. The van der Waals surface area contributed by atoms with E-state index in [0.29, 0.717) is 18.9 Å². The number of hydrogen-bond acceptors (Lipinski definition) is 6. The zero-order valence-corrected chi connectivity index (χ0v) is 20.5. The van der Waals surface area contributed by atoms with E-state index in [2.05, 4.69) is 10.2 Å². The van der Waals surface area contributed by atoms with Crippen LogP contribution in [0.5, 0.6) is 0 Å². The summed E-state index contributed by atoms with van der Waals surface area (Å²) in [7, 11) is 0. The number of carbonyl (C=O) groups is 1. The molecule has 1 fully saturated rings. The molecule has 5 rings (SSSR count). The van der Waals surface area contributed by atoms with E-state index in [4.69, 9.17) is 9.47 Å². The van der Waals surface area contributed by atoms with Crippen molar-refractivity contribution in [3.05, 3.63) is 107 Å². The summed E-state index contributed by atoms with van der Waals surface area (Å²) in [5, 5.41) is 3.74. The van der Waals surface area contributed by atoms with Gasteiger partial charge < -0.3 is 14.4 Å². The lowest BCUT2D eigenvalue weighted by Crippen LogP contribution is -2.36. The molecular formula is C29H26N2O4S. The molecule has 0 radical (unpaired) electrons. The maximum absolute atomic E-state index is 12.3. The molecule has 1 saturated heterocycles. The first-order valence-electron chi connectivity index (χ1n) is 11.8. The van der Waals surface area contributed by atoms with E-state index in [-0.39, 0.29) is 12.0 Å². The van der Waals surface area contributed by atoms with Gasteiger partial charge in [-0.15, -0.1) is 11.3 Å². The highest BCUT2D eigenvalue weighted by Gasteiger charge is 2.14. The Balaban J connectivity index is 1.23. The molecule has 2 heterocycles. The molecule has 0 aliphatic carbocycles. The van der Waals surface area contributed by atoms with Gasteiger partial charge in [0.05, 0.1) is 18.2 Å². The third kappa shape index (κ3) is 6.00. The number of rotatable bonds is 6. The molecule has 4 aromatic rings. The predicted octanol–water partition coefficient (Wildman–Crippen LogP) is 6.03. The molecule has 7 heteroatoms. The van der Waals surface area contributed by atoms with Gasteiger partial charge in [0.1, 0.15) is 6.61 Å². The van der Waals surface area contributed by atoms with Gasteiger partial charge in [-0.1, -0.05) is 66.7 Å². The summed E-state index contributed by atoms with van der Waals surface area (Å²) < 4.78 is 10.7. The Morgan fingerprint density at radius 3 is 2.19 bits per heavy atom. The zero-order valence-electron chi connectivity index (χ0n) is 19.7. The smallest absolute Gasteiger partial charge is 0.411 e. The molecule has 0 spiro atoms. The van der Waals surface area contributed by atoms with Crippen LogP contribution in [0.4, 0.5) is 15.5 Å². The monoisotopic (exact) mass is 498 g/mol. The van der Waals surface area contributed by atoms with Gasteiger partial charge in [0.25, 0.3) is 0 Å². The first kappa shape index (κ1) is 23.8. The van der Waals surface area contributed by atoms with E-state index in [1.54, 1.807) is 23.5 Å². The highest BCUT2D eigenvalue weighted by atomic mass is 32.1. The van der Waals surface area contributed by atoms with Crippen molar-refractivity contribution in [3.8, 4) is 21.6 Å². The minimum atomic E-state index is -0.491. The van der Waals surface area contributed by atoms with E-state index in [9.17, 15) is 9.59 Å². The van der Waals surface area contributed by atoms with Crippen molar-refractivity contribution < 1.29 is 14.3 Å². The lowest BCUT2D eigenvalue weighted by atomic mass is 10.0. The van der Waals surface area contributed by atoms with Crippen LogP contribution < -0.4 is 15.6 Å². The maximum Gasteiger partial charge on any atom is 0.411 e. The Bertz CT molecular complexity index is 1360. The molecule has 1 aromatic heterocycles. The van der Waals surface area contributed by atoms with Crippen molar-refractivity contribution in [2.45, 2.75) is 6.61 Å². The van der Waals surface area contributed by atoms with Crippen molar-refractivity contribution >= 4 is 28.1 Å². The van der Waals surface area contributed by atoms with Crippen LogP contribution in [0.1, 0.15) is 5.56 Å². The second kappa shape index (κ2) is 11.2. The number of nitrogens with zero attached hydrogens (tertiary/aromatic N) is 1. The van der Waals surface area contributed by atoms with Crippen LogP contribution in [-0.2, 0) is 16.1 Å². The third-order valence-corrected chi connectivity index (χ3v) is 7.08. The molecule has 1 N–H and O–H groups in total. The molecule has 0 bridgehead atoms. The van der Waals surface area contributed by atoms with E-state index in [0.717, 1.165) is 45.2 Å². The van der Waals surface area contributed by atoms with Crippen LogP contribution in [0, 0.1) is 0 Å². The maximum atomic E-state index is 12.3. The molecule has 6 nitrogen and oxygen atoms in total. The molecule has 0 unspecified atom stereocenters. The van der Waals surface area contributed by atoms with Crippen LogP contribution in [0.25, 0.3) is 21.6 Å². The van der Waals surface area contributed by atoms with Gasteiger partial charge >= 0.3 is 6.09 Å². The lowest BCUT2D eigenvalue weighted by molar-refractivity contribution is 0.123. The SMILES string of the molecule is O=C(Nc1ccc(-c2ccc(-c3cc(=O)cc(N4CCOCC4)s3)cc2)cc1)OCc1ccccc1. The van der Waals surface area contributed by atoms with E-state index >= 15 is 0 Å². The molecular weight excluding hydrogens is 472 g/mol. The average Bonchev–Trinajstić information content (AvgIpc) is 2.93. The number of anilines is 2. The Hall–Kier alpha value is -3.94. The number of amides is 1. The summed E-state index contributed by atoms with van der Waals surface area (Å²) in [6.45, 7) is 3.19. The van der Waals surface area contributed by atoms with Crippen molar-refractivity contribution in [1.82, 2.24) is 0 Å². The average molecular weight is 499 g/mol. The van der Waals surface area contributed by atoms with Gasteiger partial charge in [-0.2, -0.15) is 0 Å². The van der Waals surface area contributed by atoms with Gasteiger partial charge in [0.2, 0.25) is 0 Å². The second-order valence-corrected chi connectivity index (χ2v) is 9.50.